The van der Waals surface area contributed by atoms with Gasteiger partial charge in [0.2, 0.25) is 15.9 Å². The lowest BCUT2D eigenvalue weighted by Crippen LogP contribution is -2.47. The zero-order valence-electron chi connectivity index (χ0n) is 13.4. The van der Waals surface area contributed by atoms with E-state index in [0.29, 0.717) is 26.1 Å². The van der Waals surface area contributed by atoms with Gasteiger partial charge < -0.3 is 10.6 Å². The Balaban J connectivity index is 2.39. The van der Waals surface area contributed by atoms with Crippen molar-refractivity contribution in [1.82, 2.24) is 14.9 Å². The Labute approximate surface area is 128 Å². The van der Waals surface area contributed by atoms with Crippen LogP contribution in [-0.4, -0.2) is 57.6 Å². The van der Waals surface area contributed by atoms with Crippen LogP contribution in [0.25, 0.3) is 0 Å². The molecule has 0 aromatic carbocycles. The van der Waals surface area contributed by atoms with Crippen LogP contribution in [0.1, 0.15) is 39.5 Å². The maximum absolute atomic E-state index is 12.4. The first kappa shape index (κ1) is 18.4. The SMILES string of the molecule is CCN(CCCNC(=O)C1(CC)CCNCC1)S(C)(=O)=O. The second kappa shape index (κ2) is 8.10. The average Bonchev–Trinajstić information content (AvgIpc) is 2.46. The van der Waals surface area contributed by atoms with Gasteiger partial charge in [-0.1, -0.05) is 13.8 Å². The summed E-state index contributed by atoms with van der Waals surface area (Å²) in [7, 11) is -3.14. The number of carbonyl (C=O) groups is 1. The van der Waals surface area contributed by atoms with Crippen LogP contribution in [0.5, 0.6) is 0 Å². The lowest BCUT2D eigenvalue weighted by molar-refractivity contribution is -0.132. The van der Waals surface area contributed by atoms with Crippen molar-refractivity contribution in [2.24, 2.45) is 5.41 Å². The second-order valence-electron chi connectivity index (χ2n) is 5.75. The second-order valence-corrected chi connectivity index (χ2v) is 7.73. The summed E-state index contributed by atoms with van der Waals surface area (Å²) in [6.45, 7) is 7.11. The molecule has 1 aliphatic heterocycles. The molecule has 0 spiro atoms. The number of nitrogens with zero attached hydrogens (tertiary/aromatic N) is 1. The monoisotopic (exact) mass is 319 g/mol. The largest absolute Gasteiger partial charge is 0.356 e. The highest BCUT2D eigenvalue weighted by molar-refractivity contribution is 7.88. The van der Waals surface area contributed by atoms with Crippen LogP contribution in [0.3, 0.4) is 0 Å². The summed E-state index contributed by atoms with van der Waals surface area (Å²) in [6, 6.07) is 0. The van der Waals surface area contributed by atoms with E-state index in [4.69, 9.17) is 0 Å². The van der Waals surface area contributed by atoms with E-state index in [1.54, 1.807) is 0 Å². The lowest BCUT2D eigenvalue weighted by Gasteiger charge is -2.35. The highest BCUT2D eigenvalue weighted by Crippen LogP contribution is 2.32. The van der Waals surface area contributed by atoms with Gasteiger partial charge in [-0.25, -0.2) is 12.7 Å². The molecular formula is C14H29N3O3S. The van der Waals surface area contributed by atoms with Crippen molar-refractivity contribution in [3.8, 4) is 0 Å². The summed E-state index contributed by atoms with van der Waals surface area (Å²) in [5, 5.41) is 6.27. The minimum atomic E-state index is -3.14. The number of amides is 1. The number of hydrogen-bond donors (Lipinski definition) is 2. The zero-order valence-corrected chi connectivity index (χ0v) is 14.3. The van der Waals surface area contributed by atoms with Gasteiger partial charge in [0.15, 0.2) is 0 Å². The molecule has 0 radical (unpaired) electrons. The van der Waals surface area contributed by atoms with Crippen LogP contribution in [0.2, 0.25) is 0 Å². The van der Waals surface area contributed by atoms with Gasteiger partial charge in [-0.15, -0.1) is 0 Å². The fourth-order valence-corrected chi connectivity index (χ4v) is 3.78. The molecule has 124 valence electrons. The van der Waals surface area contributed by atoms with E-state index in [-0.39, 0.29) is 11.3 Å². The Morgan fingerprint density at radius 1 is 1.29 bits per heavy atom. The molecule has 0 aromatic heterocycles. The van der Waals surface area contributed by atoms with Crippen LogP contribution in [-0.2, 0) is 14.8 Å². The number of rotatable bonds is 8. The molecule has 7 heteroatoms. The average molecular weight is 319 g/mol. The van der Waals surface area contributed by atoms with Gasteiger partial charge in [-0.05, 0) is 38.8 Å². The molecule has 0 bridgehead atoms. The van der Waals surface area contributed by atoms with E-state index < -0.39 is 10.0 Å². The third kappa shape index (κ3) is 5.23. The van der Waals surface area contributed by atoms with E-state index in [9.17, 15) is 13.2 Å². The van der Waals surface area contributed by atoms with Gasteiger partial charge >= 0.3 is 0 Å². The van der Waals surface area contributed by atoms with Gasteiger partial charge in [0.25, 0.3) is 0 Å². The molecule has 0 saturated carbocycles. The van der Waals surface area contributed by atoms with E-state index in [0.717, 1.165) is 32.4 Å². The summed E-state index contributed by atoms with van der Waals surface area (Å²) in [5.74, 6) is 0.119. The number of hydrogen-bond acceptors (Lipinski definition) is 4. The van der Waals surface area contributed by atoms with E-state index in [1.165, 1.54) is 10.6 Å². The van der Waals surface area contributed by atoms with Crippen LogP contribution in [0.4, 0.5) is 0 Å². The summed E-state index contributed by atoms with van der Waals surface area (Å²) in [4.78, 5) is 12.4. The first-order chi connectivity index (χ1) is 9.85. The van der Waals surface area contributed by atoms with Crippen LogP contribution in [0.15, 0.2) is 0 Å². The van der Waals surface area contributed by atoms with E-state index >= 15 is 0 Å². The van der Waals surface area contributed by atoms with Crippen LogP contribution >= 0.6 is 0 Å². The Morgan fingerprint density at radius 3 is 2.38 bits per heavy atom. The molecule has 0 aromatic rings. The van der Waals surface area contributed by atoms with Crippen LogP contribution in [0, 0.1) is 5.41 Å². The molecule has 1 rings (SSSR count). The Bertz CT molecular complexity index is 431. The van der Waals surface area contributed by atoms with Crippen LogP contribution < -0.4 is 10.6 Å². The number of nitrogens with one attached hydrogen (secondary N) is 2. The van der Waals surface area contributed by atoms with Gasteiger partial charge in [0.05, 0.1) is 11.7 Å². The molecule has 1 amide bonds. The third-order valence-electron chi connectivity index (χ3n) is 4.41. The summed E-state index contributed by atoms with van der Waals surface area (Å²) >= 11 is 0. The molecule has 1 heterocycles. The predicted octanol–water partition coefficient (Wildman–Crippen LogP) is 0.554. The van der Waals surface area contributed by atoms with Crippen molar-refractivity contribution in [3.05, 3.63) is 0 Å². The maximum Gasteiger partial charge on any atom is 0.226 e. The minimum absolute atomic E-state index is 0.119. The molecule has 6 nitrogen and oxygen atoms in total. The van der Waals surface area contributed by atoms with Crippen molar-refractivity contribution in [2.75, 3.05) is 39.0 Å². The highest BCUT2D eigenvalue weighted by atomic mass is 32.2. The standard InChI is InChI=1S/C14H29N3O3S/c1-4-14(7-10-15-11-8-14)13(18)16-9-6-12-17(5-2)21(3,19)20/h15H,4-12H2,1-3H3,(H,16,18). The summed E-state index contributed by atoms with van der Waals surface area (Å²) < 4.78 is 24.4. The molecule has 0 atom stereocenters. The topological polar surface area (TPSA) is 78.5 Å². The smallest absolute Gasteiger partial charge is 0.226 e. The molecule has 1 fully saturated rings. The Morgan fingerprint density at radius 2 is 1.90 bits per heavy atom. The summed E-state index contributed by atoms with van der Waals surface area (Å²) in [6.07, 6.45) is 4.46. The predicted molar refractivity (Wildman–Crippen MR) is 84.5 cm³/mol. The fourth-order valence-electron chi connectivity index (χ4n) is 2.85. The van der Waals surface area contributed by atoms with Crippen molar-refractivity contribution >= 4 is 15.9 Å². The number of carbonyl (C=O) groups excluding carboxylic acids is 1. The van der Waals surface area contributed by atoms with Gasteiger partial charge in [0, 0.05) is 19.6 Å². The Kier molecular flexibility index (Phi) is 7.09. The van der Waals surface area contributed by atoms with Crippen molar-refractivity contribution in [1.29, 1.82) is 0 Å². The first-order valence-corrected chi connectivity index (χ1v) is 9.64. The highest BCUT2D eigenvalue weighted by Gasteiger charge is 2.37. The van der Waals surface area contributed by atoms with Gasteiger partial charge in [-0.3, -0.25) is 4.79 Å². The molecule has 0 aliphatic carbocycles. The number of piperidine rings is 1. The molecule has 0 unspecified atom stereocenters. The maximum atomic E-state index is 12.4. The zero-order chi connectivity index (χ0) is 15.9. The molecule has 21 heavy (non-hydrogen) atoms. The molecule has 1 saturated heterocycles. The number of sulfonamides is 1. The summed E-state index contributed by atoms with van der Waals surface area (Å²) in [5.41, 5.74) is -0.244. The molecule has 1 aliphatic rings. The molecular weight excluding hydrogens is 290 g/mol. The molecule has 2 N–H and O–H groups in total. The van der Waals surface area contributed by atoms with E-state index in [2.05, 4.69) is 17.6 Å². The quantitative estimate of drug-likeness (QED) is 0.641. The fraction of sp³-hybridized carbons (Fsp3) is 0.929. The van der Waals surface area contributed by atoms with Crippen molar-refractivity contribution in [3.63, 3.8) is 0 Å². The van der Waals surface area contributed by atoms with Gasteiger partial charge in [-0.2, -0.15) is 0 Å². The Hall–Kier alpha value is -0.660. The normalized spacial score (nSPS) is 18.7. The van der Waals surface area contributed by atoms with E-state index in [1.807, 2.05) is 6.92 Å². The van der Waals surface area contributed by atoms with Crippen molar-refractivity contribution < 1.29 is 13.2 Å². The first-order valence-electron chi connectivity index (χ1n) is 7.80. The minimum Gasteiger partial charge on any atom is -0.356 e. The lowest BCUT2D eigenvalue weighted by atomic mass is 9.76. The van der Waals surface area contributed by atoms with Gasteiger partial charge in [0.1, 0.15) is 0 Å². The third-order valence-corrected chi connectivity index (χ3v) is 5.79. The van der Waals surface area contributed by atoms with Crippen molar-refractivity contribution in [2.45, 2.75) is 39.5 Å².